The van der Waals surface area contributed by atoms with Crippen molar-refractivity contribution in [3.8, 4) is 0 Å². The number of esters is 1. The number of aliphatic hydroxyl groups excluding tert-OH is 1. The van der Waals surface area contributed by atoms with Gasteiger partial charge in [0.1, 0.15) is 18.5 Å². The summed E-state index contributed by atoms with van der Waals surface area (Å²) in [5.74, 6) is -0.893. The lowest BCUT2D eigenvalue weighted by molar-refractivity contribution is -0.759. The second kappa shape index (κ2) is 10.5. The largest absolute Gasteiger partial charge is 0.463 e. The number of hydrogen-bond acceptors (Lipinski definition) is 6. The number of carbonyl (C=O) groups is 3. The first-order chi connectivity index (χ1) is 11.6. The zero-order valence-electron chi connectivity index (χ0n) is 13.6. The van der Waals surface area contributed by atoms with E-state index < -0.39 is 11.9 Å². The molecule has 0 bridgehead atoms. The molecule has 3 N–H and O–H groups in total. The summed E-state index contributed by atoms with van der Waals surface area (Å²) in [6.07, 6.45) is 5.50. The minimum absolute atomic E-state index is 0.0923. The Morgan fingerprint density at radius 2 is 2.21 bits per heavy atom. The zero-order chi connectivity index (χ0) is 17.9. The van der Waals surface area contributed by atoms with E-state index in [0.717, 1.165) is 20.0 Å². The molecular formula is C16H23N2O6+. The number of aldehydes is 1. The van der Waals surface area contributed by atoms with Crippen molar-refractivity contribution in [1.82, 2.24) is 0 Å². The van der Waals surface area contributed by atoms with Crippen molar-refractivity contribution in [3.05, 3.63) is 30.1 Å². The van der Waals surface area contributed by atoms with Gasteiger partial charge in [-0.15, -0.1) is 0 Å². The maximum Gasteiger partial charge on any atom is 0.306 e. The van der Waals surface area contributed by atoms with Crippen LogP contribution in [-0.4, -0.2) is 43.1 Å². The van der Waals surface area contributed by atoms with Crippen LogP contribution in [0, 0.1) is 0 Å². The van der Waals surface area contributed by atoms with Crippen molar-refractivity contribution < 1.29 is 33.5 Å². The molecule has 2 atom stereocenters. The van der Waals surface area contributed by atoms with Crippen LogP contribution in [0.1, 0.15) is 42.3 Å². The molecule has 0 aromatic carbocycles. The normalized spacial score (nSPS) is 19.1. The fourth-order valence-corrected chi connectivity index (χ4v) is 2.28. The molecule has 1 saturated heterocycles. The van der Waals surface area contributed by atoms with Crippen LogP contribution in [-0.2, 0) is 19.1 Å². The van der Waals surface area contributed by atoms with Crippen LogP contribution in [0.2, 0.25) is 0 Å². The minimum atomic E-state index is -0.493. The van der Waals surface area contributed by atoms with E-state index in [2.05, 4.69) is 0 Å². The quantitative estimate of drug-likeness (QED) is 0.406. The molecule has 0 radical (unpaired) electrons. The number of amides is 1. The van der Waals surface area contributed by atoms with Gasteiger partial charge in [-0.3, -0.25) is 9.59 Å². The summed E-state index contributed by atoms with van der Waals surface area (Å²) in [6.45, 7) is 0.171. The fourth-order valence-electron chi connectivity index (χ4n) is 2.28. The highest BCUT2D eigenvalue weighted by molar-refractivity contribution is 5.92. The molecule has 0 saturated carbocycles. The van der Waals surface area contributed by atoms with Gasteiger partial charge < -0.3 is 25.1 Å². The van der Waals surface area contributed by atoms with E-state index in [4.69, 9.17) is 20.3 Å². The van der Waals surface area contributed by atoms with Crippen LogP contribution in [0.15, 0.2) is 24.5 Å². The molecule has 24 heavy (non-hydrogen) atoms. The Morgan fingerprint density at radius 3 is 2.88 bits per heavy atom. The highest BCUT2D eigenvalue weighted by atomic mass is 16.6. The Balaban J connectivity index is 0.00000139. The van der Waals surface area contributed by atoms with Crippen molar-refractivity contribution in [2.75, 3.05) is 13.7 Å². The first-order valence-corrected chi connectivity index (χ1v) is 7.60. The molecule has 0 spiro atoms. The van der Waals surface area contributed by atoms with Crippen molar-refractivity contribution in [2.45, 2.75) is 38.0 Å². The highest BCUT2D eigenvalue weighted by Gasteiger charge is 2.32. The van der Waals surface area contributed by atoms with Gasteiger partial charge in [0.05, 0.1) is 12.5 Å². The Bertz CT molecular complexity index is 563. The van der Waals surface area contributed by atoms with E-state index in [-0.39, 0.29) is 31.8 Å². The molecule has 1 aromatic heterocycles. The summed E-state index contributed by atoms with van der Waals surface area (Å²) < 4.78 is 12.7. The Hall–Kier alpha value is -2.32. The van der Waals surface area contributed by atoms with Gasteiger partial charge in [-0.25, -0.2) is 0 Å². The maximum absolute atomic E-state index is 11.3. The molecule has 8 heteroatoms. The number of nitrogens with two attached hydrogens (primary N) is 1. The fraction of sp³-hybridized carbons (Fsp3) is 0.500. The monoisotopic (exact) mass is 339 g/mol. The average molecular weight is 339 g/mol. The van der Waals surface area contributed by atoms with Gasteiger partial charge in [0.25, 0.3) is 12.1 Å². The molecule has 2 unspecified atom stereocenters. The van der Waals surface area contributed by atoms with E-state index in [1.807, 2.05) is 0 Å². The molecular weight excluding hydrogens is 316 g/mol. The van der Waals surface area contributed by atoms with Crippen LogP contribution >= 0.6 is 0 Å². The first-order valence-electron chi connectivity index (χ1n) is 7.60. The number of hydrogen-bond donors (Lipinski definition) is 2. The van der Waals surface area contributed by atoms with Gasteiger partial charge in [-0.1, -0.05) is 0 Å². The third-order valence-electron chi connectivity index (χ3n) is 3.42. The van der Waals surface area contributed by atoms with Crippen LogP contribution in [0.25, 0.3) is 0 Å². The Labute approximate surface area is 140 Å². The molecule has 132 valence electrons. The van der Waals surface area contributed by atoms with E-state index in [1.165, 1.54) is 0 Å². The lowest BCUT2D eigenvalue weighted by atomic mass is 10.2. The summed E-state index contributed by atoms with van der Waals surface area (Å²) in [5.41, 5.74) is 5.67. The second-order valence-electron chi connectivity index (χ2n) is 5.08. The smallest absolute Gasteiger partial charge is 0.306 e. The zero-order valence-corrected chi connectivity index (χ0v) is 13.6. The lowest BCUT2D eigenvalue weighted by Gasteiger charge is -2.11. The molecule has 1 aliphatic rings. The summed E-state index contributed by atoms with van der Waals surface area (Å²) in [4.78, 5) is 32.7. The number of primary amides is 1. The average Bonchev–Trinajstić information content (AvgIpc) is 3.09. The minimum Gasteiger partial charge on any atom is -0.463 e. The number of ether oxygens (including phenoxy) is 2. The van der Waals surface area contributed by atoms with Gasteiger partial charge in [0, 0.05) is 26.0 Å². The summed E-state index contributed by atoms with van der Waals surface area (Å²) >= 11 is 0. The maximum atomic E-state index is 11.3. The number of pyridine rings is 1. The van der Waals surface area contributed by atoms with Gasteiger partial charge in [-0.2, -0.15) is 4.57 Å². The summed E-state index contributed by atoms with van der Waals surface area (Å²) in [6, 6.07) is 3.37. The van der Waals surface area contributed by atoms with Crippen LogP contribution in [0.4, 0.5) is 0 Å². The van der Waals surface area contributed by atoms with Gasteiger partial charge in [0.2, 0.25) is 0 Å². The van der Waals surface area contributed by atoms with Crippen molar-refractivity contribution in [3.63, 3.8) is 0 Å². The highest BCUT2D eigenvalue weighted by Crippen LogP contribution is 2.24. The number of rotatable bonds is 7. The molecule has 1 fully saturated rings. The molecule has 1 amide bonds. The number of nitrogens with zero attached hydrogens (tertiary/aromatic N) is 1. The van der Waals surface area contributed by atoms with Crippen molar-refractivity contribution >= 4 is 18.2 Å². The number of carbonyl (C=O) groups excluding carboxylic acids is 3. The molecule has 8 nitrogen and oxygen atoms in total. The van der Waals surface area contributed by atoms with E-state index >= 15 is 0 Å². The summed E-state index contributed by atoms with van der Waals surface area (Å²) in [5, 5.41) is 7.00. The van der Waals surface area contributed by atoms with Crippen molar-refractivity contribution in [1.29, 1.82) is 0 Å². The van der Waals surface area contributed by atoms with Gasteiger partial charge >= 0.3 is 5.97 Å². The van der Waals surface area contributed by atoms with Crippen LogP contribution in [0.5, 0.6) is 0 Å². The number of aromatic nitrogens is 1. The third kappa shape index (κ3) is 6.05. The molecule has 1 aliphatic heterocycles. The standard InChI is InChI=1S/C15H18N2O5.CH4O/c16-15(20)11-3-1-7-17(9-11)13-6-5-12(22-13)10-21-14(19)4-2-8-18;1-2/h1,3,7-9,12-13H,2,4-6,10H2,(H-,16,20);2H,1H3/p+1. The van der Waals surface area contributed by atoms with Crippen molar-refractivity contribution in [2.24, 2.45) is 5.73 Å². The predicted octanol–water partition coefficient (Wildman–Crippen LogP) is -0.119. The first kappa shape index (κ1) is 19.7. The van der Waals surface area contributed by atoms with E-state index in [1.54, 1.807) is 29.1 Å². The molecule has 0 aliphatic carbocycles. The third-order valence-corrected chi connectivity index (χ3v) is 3.42. The SMILES string of the molecule is CO.NC(=O)c1ccc[n+](C2CCC(COC(=O)CCC=O)O2)c1. The molecule has 2 heterocycles. The Kier molecular flexibility index (Phi) is 8.59. The van der Waals surface area contributed by atoms with E-state index in [0.29, 0.717) is 11.8 Å². The predicted molar refractivity (Wildman–Crippen MR) is 82.7 cm³/mol. The molecule has 2 rings (SSSR count). The topological polar surface area (TPSA) is 120 Å². The lowest BCUT2D eigenvalue weighted by Crippen LogP contribution is -2.40. The van der Waals surface area contributed by atoms with E-state index in [9.17, 15) is 14.4 Å². The van der Waals surface area contributed by atoms with Gasteiger partial charge in [-0.05, 0) is 12.5 Å². The van der Waals surface area contributed by atoms with Crippen LogP contribution < -0.4 is 10.3 Å². The molecule has 1 aromatic rings. The van der Waals surface area contributed by atoms with Crippen LogP contribution in [0.3, 0.4) is 0 Å². The Morgan fingerprint density at radius 1 is 1.46 bits per heavy atom. The summed E-state index contributed by atoms with van der Waals surface area (Å²) in [7, 11) is 1.00. The van der Waals surface area contributed by atoms with Gasteiger partial charge in [0.15, 0.2) is 12.4 Å². The number of aliphatic hydroxyl groups is 1. The second-order valence-corrected chi connectivity index (χ2v) is 5.08.